The van der Waals surface area contributed by atoms with Gasteiger partial charge in [0, 0.05) is 13.1 Å². The van der Waals surface area contributed by atoms with Gasteiger partial charge in [-0.3, -0.25) is 0 Å². The standard InChI is InChI=1S/C16H30N.C12H21N.Li/c1-6-7-8-9-11-15(2)12-10-13-16(3)14-17(4)5;1-6-11(2)8-7-9-12(3)10-13(4)5;/h11,13H,2,6-10,12,14H2,1,3-5H3;6,9H,1-2,7-8,10H2,3-5H3;/q-1;;+1/b15-11-,16-13+;12-9+;. The topological polar surface area (TPSA) is 6.48 Å². The summed E-state index contributed by atoms with van der Waals surface area (Å²) in [6, 6.07) is 0. The van der Waals surface area contributed by atoms with Crippen LogP contribution in [0.1, 0.15) is 72.1 Å². The van der Waals surface area contributed by atoms with Crippen LogP contribution in [0.15, 0.2) is 59.8 Å². The molecule has 0 saturated carbocycles. The Kier molecular flexibility index (Phi) is 26.6. The predicted octanol–water partition coefficient (Wildman–Crippen LogP) is 4.64. The Balaban J connectivity index is -0.000000507. The van der Waals surface area contributed by atoms with Gasteiger partial charge in [0.05, 0.1) is 0 Å². The van der Waals surface area contributed by atoms with E-state index in [9.17, 15) is 0 Å². The molecule has 0 radical (unpaired) electrons. The van der Waals surface area contributed by atoms with E-state index in [1.54, 1.807) is 0 Å². The van der Waals surface area contributed by atoms with E-state index in [1.807, 2.05) is 6.08 Å². The summed E-state index contributed by atoms with van der Waals surface area (Å²) in [5, 5.41) is 0. The molecule has 0 aromatic rings. The molecule has 0 atom stereocenters. The molecule has 0 aromatic heterocycles. The Bertz CT molecular complexity index is 539. The third-order valence-electron chi connectivity index (χ3n) is 4.58. The van der Waals surface area contributed by atoms with E-state index < -0.39 is 0 Å². The first-order valence-electron chi connectivity index (χ1n) is 11.5. The van der Waals surface area contributed by atoms with Crippen molar-refractivity contribution in [2.24, 2.45) is 0 Å². The molecular formula is C28H51LiN2. The molecule has 0 fully saturated rings. The number of hydrogen-bond acceptors (Lipinski definition) is 2. The Morgan fingerprint density at radius 1 is 0.806 bits per heavy atom. The molecule has 0 aliphatic heterocycles. The fraction of sp³-hybridized carbons (Fsp3) is 0.607. The van der Waals surface area contributed by atoms with E-state index in [-0.39, 0.29) is 18.9 Å². The van der Waals surface area contributed by atoms with Gasteiger partial charge in [-0.15, -0.1) is 6.42 Å². The second-order valence-electron chi connectivity index (χ2n) is 8.87. The van der Waals surface area contributed by atoms with Crippen LogP contribution in [0.3, 0.4) is 0 Å². The smallest absolute Gasteiger partial charge is 0.305 e. The van der Waals surface area contributed by atoms with Gasteiger partial charge in [0.2, 0.25) is 0 Å². The minimum atomic E-state index is 0. The molecule has 0 rings (SSSR count). The molecule has 31 heavy (non-hydrogen) atoms. The number of likely N-dealkylation sites (N-methyl/N-ethyl adjacent to an activating group) is 2. The van der Waals surface area contributed by atoms with Crippen molar-refractivity contribution in [1.82, 2.24) is 9.80 Å². The second-order valence-corrected chi connectivity index (χ2v) is 8.87. The molecule has 0 unspecified atom stereocenters. The maximum Gasteiger partial charge on any atom is 1.00 e. The summed E-state index contributed by atoms with van der Waals surface area (Å²) in [4.78, 5) is 4.38. The molecule has 0 aliphatic carbocycles. The SMILES string of the molecule is C=CC(=C)CC/C=C(\C)CN(C)C.[CH2-]/C(=C/CCCCC)CC/C=C(\C)CN(C)C.[Li+]. The van der Waals surface area contributed by atoms with Crippen LogP contribution in [0.5, 0.6) is 0 Å². The monoisotopic (exact) mass is 422 g/mol. The number of rotatable bonds is 15. The van der Waals surface area contributed by atoms with Crippen LogP contribution in [0, 0.1) is 6.92 Å². The molecule has 3 heteroatoms. The van der Waals surface area contributed by atoms with Crippen molar-refractivity contribution in [3.05, 3.63) is 66.7 Å². The number of unbranched alkanes of at least 4 members (excludes halogenated alkanes) is 3. The first-order chi connectivity index (χ1) is 14.1. The van der Waals surface area contributed by atoms with Crippen LogP contribution in [0.25, 0.3) is 0 Å². The Hall–Kier alpha value is -0.913. The molecule has 0 aliphatic rings. The van der Waals surface area contributed by atoms with E-state index in [1.165, 1.54) is 42.4 Å². The minimum Gasteiger partial charge on any atom is -0.305 e. The van der Waals surface area contributed by atoms with E-state index in [2.05, 4.69) is 97.1 Å². The van der Waals surface area contributed by atoms with Gasteiger partial charge in [0.1, 0.15) is 0 Å². The molecule has 0 spiro atoms. The van der Waals surface area contributed by atoms with Gasteiger partial charge in [-0.2, -0.15) is 0 Å². The third-order valence-corrected chi connectivity index (χ3v) is 4.58. The van der Waals surface area contributed by atoms with Crippen molar-refractivity contribution in [3.8, 4) is 0 Å². The van der Waals surface area contributed by atoms with Crippen molar-refractivity contribution in [1.29, 1.82) is 0 Å². The van der Waals surface area contributed by atoms with Crippen molar-refractivity contribution in [2.75, 3.05) is 41.3 Å². The van der Waals surface area contributed by atoms with E-state index in [4.69, 9.17) is 0 Å². The van der Waals surface area contributed by atoms with Gasteiger partial charge < -0.3 is 9.80 Å². The van der Waals surface area contributed by atoms with Crippen molar-refractivity contribution in [2.45, 2.75) is 72.1 Å². The first-order valence-corrected chi connectivity index (χ1v) is 11.5. The Morgan fingerprint density at radius 3 is 1.71 bits per heavy atom. The minimum absolute atomic E-state index is 0. The summed E-state index contributed by atoms with van der Waals surface area (Å²) in [5.41, 5.74) is 5.29. The summed E-state index contributed by atoms with van der Waals surface area (Å²) in [5.74, 6) is 0. The van der Waals surface area contributed by atoms with Crippen LogP contribution in [0.4, 0.5) is 0 Å². The normalized spacial score (nSPS) is 12.4. The van der Waals surface area contributed by atoms with E-state index >= 15 is 0 Å². The van der Waals surface area contributed by atoms with Crippen molar-refractivity contribution in [3.63, 3.8) is 0 Å². The quantitative estimate of drug-likeness (QED) is 0.125. The van der Waals surface area contributed by atoms with E-state index in [0.717, 1.165) is 44.3 Å². The second kappa shape index (κ2) is 23.7. The average Bonchev–Trinajstić information content (AvgIpc) is 2.64. The Morgan fingerprint density at radius 2 is 1.29 bits per heavy atom. The molecular weight excluding hydrogens is 371 g/mol. The first kappa shape index (κ1) is 34.7. The zero-order valence-electron chi connectivity index (χ0n) is 22.4. The van der Waals surface area contributed by atoms with Gasteiger partial charge in [-0.05, 0) is 61.3 Å². The van der Waals surface area contributed by atoms with Gasteiger partial charge in [-0.25, -0.2) is 18.6 Å². The predicted molar refractivity (Wildman–Crippen MR) is 140 cm³/mol. The summed E-state index contributed by atoms with van der Waals surface area (Å²) in [6.45, 7) is 20.4. The van der Waals surface area contributed by atoms with Crippen LogP contribution >= 0.6 is 0 Å². The van der Waals surface area contributed by atoms with Gasteiger partial charge >= 0.3 is 18.9 Å². The average molecular weight is 423 g/mol. The van der Waals surface area contributed by atoms with Crippen LogP contribution in [-0.2, 0) is 0 Å². The van der Waals surface area contributed by atoms with Crippen molar-refractivity contribution < 1.29 is 18.9 Å². The molecule has 2 nitrogen and oxygen atoms in total. The van der Waals surface area contributed by atoms with Crippen LogP contribution in [-0.4, -0.2) is 51.1 Å². The Labute approximate surface area is 208 Å². The maximum atomic E-state index is 4.11. The van der Waals surface area contributed by atoms with Gasteiger partial charge in [0.15, 0.2) is 0 Å². The molecule has 174 valence electrons. The molecule has 0 heterocycles. The van der Waals surface area contributed by atoms with Gasteiger partial charge in [-0.1, -0.05) is 80.7 Å². The summed E-state index contributed by atoms with van der Waals surface area (Å²) >= 11 is 0. The maximum absolute atomic E-state index is 4.11. The van der Waals surface area contributed by atoms with Crippen LogP contribution in [0.2, 0.25) is 0 Å². The molecule has 0 amide bonds. The molecule has 0 bridgehead atoms. The van der Waals surface area contributed by atoms with Crippen LogP contribution < -0.4 is 18.9 Å². The fourth-order valence-corrected chi connectivity index (χ4v) is 3.04. The number of nitrogens with zero attached hydrogens (tertiary/aromatic N) is 2. The largest absolute Gasteiger partial charge is 1.00 e. The summed E-state index contributed by atoms with van der Waals surface area (Å²) in [6.07, 6.45) is 18.2. The van der Waals surface area contributed by atoms with Crippen molar-refractivity contribution >= 4 is 0 Å². The molecule has 0 saturated heterocycles. The zero-order valence-corrected chi connectivity index (χ0v) is 22.4. The number of hydrogen-bond donors (Lipinski definition) is 0. The van der Waals surface area contributed by atoms with E-state index in [0.29, 0.717) is 0 Å². The molecule has 0 aromatic carbocycles. The number of allylic oxidation sites excluding steroid dienone is 6. The third kappa shape index (κ3) is 29.1. The fourth-order valence-electron chi connectivity index (χ4n) is 3.04. The summed E-state index contributed by atoms with van der Waals surface area (Å²) in [7, 11) is 8.38. The zero-order chi connectivity index (χ0) is 23.4. The summed E-state index contributed by atoms with van der Waals surface area (Å²) < 4.78 is 0. The molecule has 0 N–H and O–H groups in total. The van der Waals surface area contributed by atoms with Gasteiger partial charge in [0.25, 0.3) is 0 Å².